The van der Waals surface area contributed by atoms with Gasteiger partial charge in [-0.1, -0.05) is 237 Å². The summed E-state index contributed by atoms with van der Waals surface area (Å²) in [5, 5.41) is 4.59. The molecule has 0 amide bonds. The third-order valence-electron chi connectivity index (χ3n) is 17.7. The third-order valence-corrected chi connectivity index (χ3v) is 17.7. The molecule has 0 unspecified atom stereocenters. The molecule has 3 aromatic heterocycles. The highest BCUT2D eigenvalue weighted by Crippen LogP contribution is 2.41. The van der Waals surface area contributed by atoms with Crippen molar-refractivity contribution in [2.24, 2.45) is 0 Å². The lowest BCUT2D eigenvalue weighted by molar-refractivity contribution is 1.18. The van der Waals surface area contributed by atoms with Gasteiger partial charge in [0.2, 0.25) is 0 Å². The fraction of sp³-hybridized carbons (Fsp3) is 0. The van der Waals surface area contributed by atoms with E-state index in [1.165, 1.54) is 71.9 Å². The molecule has 7 aliphatic heterocycles. The minimum atomic E-state index is 0.898. The molecule has 0 saturated heterocycles. The highest BCUT2D eigenvalue weighted by molar-refractivity contribution is 6.11. The van der Waals surface area contributed by atoms with Gasteiger partial charge in [-0.05, 0) is 185 Å². The maximum atomic E-state index is 5.30. The molecule has 0 aliphatic carbocycles. The third kappa shape index (κ3) is 9.09. The number of rotatable bonds is 2. The van der Waals surface area contributed by atoms with Crippen LogP contribution in [0.1, 0.15) is 0 Å². The molecule has 0 saturated carbocycles. The number of hydrogen-bond donors (Lipinski definition) is 0. The lowest BCUT2D eigenvalue weighted by Crippen LogP contribution is -1.93. The number of fused-ring (bicyclic) bond motifs is 3. The predicted octanol–water partition coefficient (Wildman–Crippen LogP) is 22.5. The second-order valence-corrected chi connectivity index (χ2v) is 23.0. The summed E-state index contributed by atoms with van der Waals surface area (Å²) in [6.07, 6.45) is 0. The van der Waals surface area contributed by atoms with Crippen LogP contribution in [-0.4, -0.2) is 14.5 Å². The van der Waals surface area contributed by atoms with E-state index in [1.807, 2.05) is 0 Å². The van der Waals surface area contributed by atoms with Crippen molar-refractivity contribution >= 4 is 43.6 Å². The Kier molecular flexibility index (Phi) is 11.9. The number of nitrogens with zero attached hydrogens (tertiary/aromatic N) is 3. The lowest BCUT2D eigenvalue weighted by atomic mass is 9.90. The van der Waals surface area contributed by atoms with E-state index < -0.39 is 0 Å². The molecule has 87 heavy (non-hydrogen) atoms. The Bertz CT molecular complexity index is 5090. The minimum absolute atomic E-state index is 0.898. The quantitative estimate of drug-likeness (QED) is 0.162. The minimum Gasteiger partial charge on any atom is -0.309 e. The summed E-state index contributed by atoms with van der Waals surface area (Å²) in [6.45, 7) is 0. The first kappa shape index (κ1) is 50.0. The van der Waals surface area contributed by atoms with E-state index in [-0.39, 0.29) is 0 Å². The molecule has 7 aliphatic rings. The van der Waals surface area contributed by atoms with Gasteiger partial charge in [-0.2, -0.15) is 0 Å². The Labute approximate surface area is 505 Å². The monoisotopic (exact) mass is 1100 g/mol. The zero-order chi connectivity index (χ0) is 57.4. The largest absolute Gasteiger partial charge is 0.309 e. The summed E-state index contributed by atoms with van der Waals surface area (Å²) in [4.78, 5) is 10.6. The molecule has 3 heteroatoms. The van der Waals surface area contributed by atoms with Gasteiger partial charge in [-0.15, -0.1) is 0 Å². The van der Waals surface area contributed by atoms with Gasteiger partial charge in [0.05, 0.1) is 33.5 Å². The Morgan fingerprint density at radius 2 is 0.483 bits per heavy atom. The van der Waals surface area contributed by atoms with Crippen LogP contribution in [0.4, 0.5) is 0 Å². The molecule has 3 nitrogen and oxygen atoms in total. The van der Waals surface area contributed by atoms with Crippen molar-refractivity contribution in [3.63, 3.8) is 0 Å². The van der Waals surface area contributed by atoms with Crippen molar-refractivity contribution in [3.8, 4) is 128 Å². The number of hydrogen-bond acceptors (Lipinski definition) is 2. The van der Waals surface area contributed by atoms with Crippen LogP contribution in [0.25, 0.3) is 172 Å². The summed E-state index contributed by atoms with van der Waals surface area (Å²) < 4.78 is 2.39. The van der Waals surface area contributed by atoms with Crippen LogP contribution in [0.2, 0.25) is 0 Å². The van der Waals surface area contributed by atoms with Crippen LogP contribution >= 0.6 is 0 Å². The van der Waals surface area contributed by atoms with E-state index in [0.717, 1.165) is 100 Å². The van der Waals surface area contributed by atoms with Gasteiger partial charge in [0.1, 0.15) is 0 Å². The second-order valence-electron chi connectivity index (χ2n) is 23.0. The van der Waals surface area contributed by atoms with E-state index >= 15 is 0 Å². The maximum Gasteiger partial charge on any atom is 0.0972 e. The Balaban J connectivity index is 0.790. The smallest absolute Gasteiger partial charge is 0.0972 e. The summed E-state index contributed by atoms with van der Waals surface area (Å²) in [5.74, 6) is 0. The van der Waals surface area contributed by atoms with E-state index in [4.69, 9.17) is 9.97 Å². The number of benzene rings is 13. The average Bonchev–Trinajstić information content (AvgIpc) is 2.53. The molecule has 23 rings (SSSR count). The van der Waals surface area contributed by atoms with E-state index in [0.29, 0.717) is 0 Å². The summed E-state index contributed by atoms with van der Waals surface area (Å²) in [7, 11) is 0. The first-order chi connectivity index (χ1) is 43.0. The molecule has 22 bridgehead atoms. The molecular weight excluding hydrogens is 1050 g/mol. The van der Waals surface area contributed by atoms with Gasteiger partial charge in [-0.3, -0.25) is 0 Å². The fourth-order valence-electron chi connectivity index (χ4n) is 13.1. The average molecular weight is 1100 g/mol. The van der Waals surface area contributed by atoms with Gasteiger partial charge in [-0.25, -0.2) is 9.97 Å². The van der Waals surface area contributed by atoms with Crippen LogP contribution in [-0.2, 0) is 0 Å². The first-order valence-electron chi connectivity index (χ1n) is 29.8. The zero-order valence-corrected chi connectivity index (χ0v) is 47.4. The topological polar surface area (TPSA) is 30.7 Å². The lowest BCUT2D eigenvalue weighted by Gasteiger charge is -2.14. The molecule has 0 spiro atoms. The highest BCUT2D eigenvalue weighted by atomic mass is 15.0. The molecule has 0 fully saturated rings. The van der Waals surface area contributed by atoms with Crippen LogP contribution in [0.5, 0.6) is 0 Å². The summed E-state index contributed by atoms with van der Waals surface area (Å²) in [5.41, 5.74) is 30.2. The fourth-order valence-corrected chi connectivity index (χ4v) is 13.1. The normalized spacial score (nSPS) is 11.7. The van der Waals surface area contributed by atoms with Gasteiger partial charge >= 0.3 is 0 Å². The van der Waals surface area contributed by atoms with E-state index in [1.54, 1.807) is 0 Å². The van der Waals surface area contributed by atoms with Gasteiger partial charge < -0.3 is 4.57 Å². The Morgan fingerprint density at radius 3 is 0.885 bits per heavy atom. The van der Waals surface area contributed by atoms with Crippen molar-refractivity contribution in [1.82, 2.24) is 14.5 Å². The molecule has 16 aromatic rings. The number of para-hydroxylation sites is 2. The second kappa shape index (κ2) is 20.7. The van der Waals surface area contributed by atoms with Crippen molar-refractivity contribution in [3.05, 3.63) is 322 Å². The Morgan fingerprint density at radius 1 is 0.184 bits per heavy atom. The molecule has 10 heterocycles. The molecule has 404 valence electrons. The zero-order valence-electron chi connectivity index (χ0n) is 47.4. The molecule has 0 N–H and O–H groups in total. The summed E-state index contributed by atoms with van der Waals surface area (Å²) >= 11 is 0. The predicted molar refractivity (Wildman–Crippen MR) is 365 cm³/mol. The number of aromatic nitrogens is 3. The van der Waals surface area contributed by atoms with Crippen molar-refractivity contribution in [2.45, 2.75) is 0 Å². The molecule has 0 atom stereocenters. The van der Waals surface area contributed by atoms with E-state index in [2.05, 4.69) is 326 Å². The van der Waals surface area contributed by atoms with Gasteiger partial charge in [0, 0.05) is 38.4 Å². The van der Waals surface area contributed by atoms with Gasteiger partial charge in [0.15, 0.2) is 0 Å². The summed E-state index contributed by atoms with van der Waals surface area (Å²) in [6, 6.07) is 118. The van der Waals surface area contributed by atoms with Crippen LogP contribution < -0.4 is 0 Å². The number of pyridine rings is 2. The van der Waals surface area contributed by atoms with Crippen molar-refractivity contribution < 1.29 is 0 Å². The van der Waals surface area contributed by atoms with Crippen molar-refractivity contribution in [1.29, 1.82) is 0 Å². The molecule has 0 radical (unpaired) electrons. The Hall–Kier alpha value is -11.5. The highest BCUT2D eigenvalue weighted by Gasteiger charge is 2.17. The van der Waals surface area contributed by atoms with Crippen molar-refractivity contribution in [2.75, 3.05) is 0 Å². The van der Waals surface area contributed by atoms with E-state index in [9.17, 15) is 0 Å². The SMILES string of the molecule is c1ccc(-n2c3ccccc3c3cc(-c4cc5cc(c4)-c4cccc(c4)-c4ccc(cc4)-c4cccc(c4)-c4ccc(cc4)-c4ccc6ccc7ccc(nc7c6n4)-c4ccc(cc4)-c4cccc(c4)-c4ccc(cc4)-c4cccc-5c4)ccc32)cc1. The van der Waals surface area contributed by atoms with Crippen LogP contribution in [0.3, 0.4) is 0 Å². The van der Waals surface area contributed by atoms with Crippen LogP contribution in [0.15, 0.2) is 322 Å². The standard InChI is InChI=1S/C84H53N3/c1-2-18-76(19-3-1)87-81-21-5-4-20-77(81)78-53-72(42-45-82(78)87)75-51-73-50-74(52-75)71-17-9-15-69(49-71)57-28-24-55(25-29-57)65-11-7-13-67(47-65)59-32-36-61(37-33-59)80-44-41-63-39-38-62-40-43-79(85-83(62)84(63)86-80)60-34-30-58(31-35-60)66-12-6-10-64(46-66)54-22-26-56(27-23-54)68-14-8-16-70(73)48-68/h1-53H. The molecular formula is C84H53N3. The molecule has 13 aromatic carbocycles. The first-order valence-corrected chi connectivity index (χ1v) is 29.8. The van der Waals surface area contributed by atoms with Gasteiger partial charge in [0.25, 0.3) is 0 Å². The van der Waals surface area contributed by atoms with Crippen LogP contribution in [0, 0.1) is 0 Å². The maximum absolute atomic E-state index is 5.30.